The summed E-state index contributed by atoms with van der Waals surface area (Å²) in [6.07, 6.45) is 3.49. The second-order valence-corrected chi connectivity index (χ2v) is 5.77. The number of halogens is 2. The van der Waals surface area contributed by atoms with Crippen molar-refractivity contribution >= 4 is 15.9 Å². The minimum Gasteiger partial charge on any atom is -0.389 e. The van der Waals surface area contributed by atoms with Crippen LogP contribution < -0.4 is 0 Å². The molecule has 1 aliphatic carbocycles. The Kier molecular flexibility index (Phi) is 3.36. The Morgan fingerprint density at radius 2 is 2.25 bits per heavy atom. The van der Waals surface area contributed by atoms with Crippen LogP contribution >= 0.6 is 15.9 Å². The minimum atomic E-state index is -0.646. The SMILES string of the molecule is CC1CCCC1(O)Cc1cc(F)cc(Br)c1. The van der Waals surface area contributed by atoms with Gasteiger partial charge in [0.05, 0.1) is 5.60 Å². The highest BCUT2D eigenvalue weighted by Crippen LogP contribution is 2.38. The van der Waals surface area contributed by atoms with E-state index in [0.29, 0.717) is 12.3 Å². The summed E-state index contributed by atoms with van der Waals surface area (Å²) >= 11 is 3.27. The molecule has 0 saturated heterocycles. The first-order chi connectivity index (χ1) is 7.49. The first-order valence-electron chi connectivity index (χ1n) is 5.67. The van der Waals surface area contributed by atoms with Crippen molar-refractivity contribution in [3.63, 3.8) is 0 Å². The standard InChI is InChI=1S/C13H16BrFO/c1-9-3-2-4-13(9,16)8-10-5-11(14)7-12(15)6-10/h5-7,9,16H,2-4,8H2,1H3. The topological polar surface area (TPSA) is 20.2 Å². The Labute approximate surface area is 104 Å². The van der Waals surface area contributed by atoms with Crippen LogP contribution in [0, 0.1) is 11.7 Å². The molecule has 1 fully saturated rings. The minimum absolute atomic E-state index is 0.251. The summed E-state index contributed by atoms with van der Waals surface area (Å²) < 4.78 is 13.9. The van der Waals surface area contributed by atoms with Gasteiger partial charge in [0.15, 0.2) is 0 Å². The Bertz CT molecular complexity index is 373. The Hall–Kier alpha value is -0.410. The van der Waals surface area contributed by atoms with Crippen LogP contribution in [0.2, 0.25) is 0 Å². The van der Waals surface area contributed by atoms with Gasteiger partial charge >= 0.3 is 0 Å². The van der Waals surface area contributed by atoms with Gasteiger partial charge in [-0.1, -0.05) is 29.3 Å². The highest BCUT2D eigenvalue weighted by atomic mass is 79.9. The molecule has 0 aromatic heterocycles. The first-order valence-corrected chi connectivity index (χ1v) is 6.46. The van der Waals surface area contributed by atoms with E-state index in [4.69, 9.17) is 0 Å². The summed E-state index contributed by atoms with van der Waals surface area (Å²) in [6, 6.07) is 4.82. The molecule has 0 spiro atoms. The second kappa shape index (κ2) is 4.46. The number of hydrogen-bond donors (Lipinski definition) is 1. The first kappa shape index (κ1) is 12.1. The number of rotatable bonds is 2. The molecular formula is C13H16BrFO. The fraction of sp³-hybridized carbons (Fsp3) is 0.538. The molecule has 1 saturated carbocycles. The van der Waals surface area contributed by atoms with E-state index in [1.807, 2.05) is 6.07 Å². The fourth-order valence-electron chi connectivity index (χ4n) is 2.56. The van der Waals surface area contributed by atoms with Gasteiger partial charge in [0.2, 0.25) is 0 Å². The van der Waals surface area contributed by atoms with Gasteiger partial charge in [-0.15, -0.1) is 0 Å². The van der Waals surface area contributed by atoms with Gasteiger partial charge in [-0.25, -0.2) is 4.39 Å². The third kappa shape index (κ3) is 2.46. The highest BCUT2D eigenvalue weighted by Gasteiger charge is 2.38. The normalized spacial score (nSPS) is 29.6. The van der Waals surface area contributed by atoms with Crippen LogP contribution in [0.25, 0.3) is 0 Å². The average molecular weight is 287 g/mol. The highest BCUT2D eigenvalue weighted by molar-refractivity contribution is 9.10. The van der Waals surface area contributed by atoms with Crippen molar-refractivity contribution < 1.29 is 9.50 Å². The predicted octanol–water partition coefficient (Wildman–Crippen LogP) is 3.68. The molecule has 2 unspecified atom stereocenters. The van der Waals surface area contributed by atoms with Crippen LogP contribution in [0.4, 0.5) is 4.39 Å². The maximum Gasteiger partial charge on any atom is 0.124 e. The van der Waals surface area contributed by atoms with Crippen LogP contribution in [0.15, 0.2) is 22.7 Å². The van der Waals surface area contributed by atoms with Crippen molar-refractivity contribution in [3.8, 4) is 0 Å². The van der Waals surface area contributed by atoms with E-state index in [-0.39, 0.29) is 5.82 Å². The molecule has 3 heteroatoms. The lowest BCUT2D eigenvalue weighted by molar-refractivity contribution is 0.00954. The summed E-state index contributed by atoms with van der Waals surface area (Å²) in [4.78, 5) is 0. The molecule has 2 rings (SSSR count). The van der Waals surface area contributed by atoms with E-state index >= 15 is 0 Å². The van der Waals surface area contributed by atoms with Gasteiger partial charge in [-0.2, -0.15) is 0 Å². The molecule has 1 nitrogen and oxygen atoms in total. The van der Waals surface area contributed by atoms with Crippen molar-refractivity contribution in [1.29, 1.82) is 0 Å². The maximum absolute atomic E-state index is 13.2. The summed E-state index contributed by atoms with van der Waals surface area (Å²) in [6.45, 7) is 2.07. The second-order valence-electron chi connectivity index (χ2n) is 4.85. The van der Waals surface area contributed by atoms with Crippen molar-refractivity contribution in [3.05, 3.63) is 34.1 Å². The summed E-state index contributed by atoms with van der Waals surface area (Å²) in [5, 5.41) is 10.5. The molecule has 1 aliphatic rings. The zero-order valence-electron chi connectivity index (χ0n) is 9.34. The molecule has 0 bridgehead atoms. The van der Waals surface area contributed by atoms with Gasteiger partial charge in [-0.05, 0) is 42.5 Å². The Balaban J connectivity index is 2.20. The molecule has 0 amide bonds. The summed E-state index contributed by atoms with van der Waals surface area (Å²) in [5.74, 6) is 0.0492. The summed E-state index contributed by atoms with van der Waals surface area (Å²) in [7, 11) is 0. The van der Waals surface area contributed by atoms with Crippen LogP contribution in [0.5, 0.6) is 0 Å². The van der Waals surface area contributed by atoms with Gasteiger partial charge in [0.25, 0.3) is 0 Å². The lowest BCUT2D eigenvalue weighted by Gasteiger charge is -2.27. The average Bonchev–Trinajstić information content (AvgIpc) is 2.44. The van der Waals surface area contributed by atoms with Gasteiger partial charge in [0.1, 0.15) is 5.82 Å². The van der Waals surface area contributed by atoms with Crippen molar-refractivity contribution in [1.82, 2.24) is 0 Å². The zero-order valence-corrected chi connectivity index (χ0v) is 10.9. The molecule has 1 aromatic carbocycles. The molecule has 88 valence electrons. The van der Waals surface area contributed by atoms with E-state index in [2.05, 4.69) is 22.9 Å². The molecule has 0 heterocycles. The maximum atomic E-state index is 13.2. The predicted molar refractivity (Wildman–Crippen MR) is 65.8 cm³/mol. The molecular weight excluding hydrogens is 271 g/mol. The van der Waals surface area contributed by atoms with E-state index in [1.165, 1.54) is 12.1 Å². The number of benzene rings is 1. The summed E-state index contributed by atoms with van der Waals surface area (Å²) in [5.41, 5.74) is 0.218. The van der Waals surface area contributed by atoms with E-state index < -0.39 is 5.60 Å². The zero-order chi connectivity index (χ0) is 11.8. The third-order valence-electron chi connectivity index (χ3n) is 3.60. The smallest absolute Gasteiger partial charge is 0.124 e. The molecule has 16 heavy (non-hydrogen) atoms. The molecule has 0 aliphatic heterocycles. The van der Waals surface area contributed by atoms with Crippen LogP contribution in [-0.4, -0.2) is 10.7 Å². The largest absolute Gasteiger partial charge is 0.389 e. The fourth-order valence-corrected chi connectivity index (χ4v) is 3.07. The molecule has 0 radical (unpaired) electrons. The van der Waals surface area contributed by atoms with E-state index in [9.17, 15) is 9.50 Å². The Morgan fingerprint density at radius 1 is 1.50 bits per heavy atom. The number of hydrogen-bond acceptors (Lipinski definition) is 1. The quantitative estimate of drug-likeness (QED) is 0.879. The van der Waals surface area contributed by atoms with Crippen LogP contribution in [-0.2, 0) is 6.42 Å². The Morgan fingerprint density at radius 3 is 2.81 bits per heavy atom. The van der Waals surface area contributed by atoms with Gasteiger partial charge in [0, 0.05) is 10.9 Å². The van der Waals surface area contributed by atoms with Crippen molar-refractivity contribution in [2.75, 3.05) is 0 Å². The van der Waals surface area contributed by atoms with Gasteiger partial charge < -0.3 is 5.11 Å². The lowest BCUT2D eigenvalue weighted by atomic mass is 9.86. The van der Waals surface area contributed by atoms with Gasteiger partial charge in [-0.3, -0.25) is 0 Å². The third-order valence-corrected chi connectivity index (χ3v) is 4.05. The molecule has 1 N–H and O–H groups in total. The molecule has 1 aromatic rings. The van der Waals surface area contributed by atoms with Crippen LogP contribution in [0.3, 0.4) is 0 Å². The van der Waals surface area contributed by atoms with E-state index in [1.54, 1.807) is 0 Å². The van der Waals surface area contributed by atoms with Crippen LogP contribution in [0.1, 0.15) is 31.7 Å². The van der Waals surface area contributed by atoms with E-state index in [0.717, 1.165) is 29.3 Å². The monoisotopic (exact) mass is 286 g/mol. The lowest BCUT2D eigenvalue weighted by Crippen LogP contribution is -2.34. The van der Waals surface area contributed by atoms with Crippen molar-refractivity contribution in [2.24, 2.45) is 5.92 Å². The molecule has 2 atom stereocenters. The number of aliphatic hydroxyl groups is 1. The van der Waals surface area contributed by atoms with Crippen molar-refractivity contribution in [2.45, 2.75) is 38.2 Å².